The molecule has 8 rings (SSSR count). The number of rotatable bonds is 18. The number of fused-ring (bicyclic) bond motifs is 1. The van der Waals surface area contributed by atoms with Gasteiger partial charge in [-0.05, 0) is 122 Å². The van der Waals surface area contributed by atoms with Crippen LogP contribution in [-0.4, -0.2) is 96.2 Å². The summed E-state index contributed by atoms with van der Waals surface area (Å²) in [5.74, 6) is -0.472. The normalized spacial score (nSPS) is 15.0. The number of esters is 1. The molecule has 0 bridgehead atoms. The minimum Gasteiger partial charge on any atom is -0.506 e. The lowest BCUT2D eigenvalue weighted by molar-refractivity contribution is -0.146. The molecule has 2 aliphatic heterocycles. The zero-order valence-corrected chi connectivity index (χ0v) is 35.9. The Hall–Kier alpha value is -6.76. The molecule has 3 heterocycles. The molecule has 64 heavy (non-hydrogen) atoms. The van der Waals surface area contributed by atoms with E-state index in [2.05, 4.69) is 44.8 Å². The van der Waals surface area contributed by atoms with Crippen molar-refractivity contribution in [2.45, 2.75) is 44.2 Å². The van der Waals surface area contributed by atoms with Crippen molar-refractivity contribution >= 4 is 28.7 Å². The quantitative estimate of drug-likeness (QED) is 0.0584. The van der Waals surface area contributed by atoms with Gasteiger partial charge >= 0.3 is 5.97 Å². The molecule has 5 aromatic carbocycles. The molecule has 1 unspecified atom stereocenters. The second-order valence-electron chi connectivity index (χ2n) is 16.8. The summed E-state index contributed by atoms with van der Waals surface area (Å²) in [7, 11) is 0. The van der Waals surface area contributed by atoms with Crippen LogP contribution in [0, 0.1) is 5.92 Å². The van der Waals surface area contributed by atoms with Crippen LogP contribution >= 0.6 is 0 Å². The number of pyridine rings is 1. The van der Waals surface area contributed by atoms with E-state index in [0.29, 0.717) is 42.4 Å². The molecule has 0 radical (unpaired) electrons. The fraction of sp³-hybridized carbons (Fsp3) is 0.308. The smallest absolute Gasteiger partial charge is 0.317 e. The second-order valence-corrected chi connectivity index (χ2v) is 16.8. The molecule has 6 aromatic rings. The Kier molecular flexibility index (Phi) is 14.4. The van der Waals surface area contributed by atoms with Crippen molar-refractivity contribution in [1.82, 2.24) is 25.4 Å². The van der Waals surface area contributed by atoms with Gasteiger partial charge in [-0.15, -0.1) is 0 Å². The van der Waals surface area contributed by atoms with Crippen molar-refractivity contribution in [3.63, 3.8) is 0 Å². The fourth-order valence-corrected chi connectivity index (χ4v) is 8.53. The number of carbonyl (C=O) groups is 3. The van der Waals surface area contributed by atoms with E-state index in [1.165, 1.54) is 11.6 Å². The topological polar surface area (TPSA) is 153 Å². The van der Waals surface area contributed by atoms with Crippen LogP contribution in [-0.2, 0) is 33.7 Å². The molecule has 0 aliphatic carbocycles. The van der Waals surface area contributed by atoms with Gasteiger partial charge in [0.2, 0.25) is 5.56 Å². The number of phenolic OH excluding ortho intramolecular Hbond substituents is 1. The molecule has 2 amide bonds. The number of nitrogens with one attached hydrogen (secondary N) is 3. The van der Waals surface area contributed by atoms with Gasteiger partial charge in [-0.2, -0.15) is 0 Å². The molecule has 1 aromatic heterocycles. The molecule has 4 N–H and O–H groups in total. The Labute approximate surface area is 373 Å². The Morgan fingerprint density at radius 1 is 0.766 bits per heavy atom. The number of phenols is 1. The Morgan fingerprint density at radius 3 is 2.25 bits per heavy atom. The molecule has 330 valence electrons. The number of aromatic nitrogens is 1. The summed E-state index contributed by atoms with van der Waals surface area (Å²) in [6, 6.07) is 41.4. The summed E-state index contributed by atoms with van der Waals surface area (Å²) in [5.41, 5.74) is 5.75. The van der Waals surface area contributed by atoms with Crippen LogP contribution in [0.25, 0.3) is 10.9 Å². The molecular weight excluding hydrogens is 807 g/mol. The number of likely N-dealkylation sites (tertiary alicyclic amines) is 2. The zero-order valence-electron chi connectivity index (χ0n) is 35.9. The van der Waals surface area contributed by atoms with Crippen LogP contribution in [0.15, 0.2) is 138 Å². The first-order valence-corrected chi connectivity index (χ1v) is 22.2. The van der Waals surface area contributed by atoms with Crippen LogP contribution in [0.4, 0.5) is 0 Å². The van der Waals surface area contributed by atoms with Gasteiger partial charge in [0.15, 0.2) is 6.61 Å². The molecule has 2 aliphatic rings. The van der Waals surface area contributed by atoms with Crippen LogP contribution in [0.1, 0.15) is 56.9 Å². The highest BCUT2D eigenvalue weighted by atomic mass is 16.5. The Morgan fingerprint density at radius 2 is 1.48 bits per heavy atom. The number of H-pyrrole nitrogens is 1. The molecule has 1 atom stereocenters. The molecule has 12 nitrogen and oxygen atoms in total. The van der Waals surface area contributed by atoms with Gasteiger partial charge in [0.1, 0.15) is 17.4 Å². The van der Waals surface area contributed by atoms with Crippen molar-refractivity contribution < 1.29 is 29.0 Å². The monoisotopic (exact) mass is 861 g/mol. The molecular formula is C52H55N5O7. The van der Waals surface area contributed by atoms with Gasteiger partial charge in [0.25, 0.3) is 11.8 Å². The summed E-state index contributed by atoms with van der Waals surface area (Å²) in [6.45, 7) is 5.34. The number of amides is 2. The molecule has 12 heteroatoms. The van der Waals surface area contributed by atoms with Crippen molar-refractivity contribution in [3.8, 4) is 11.5 Å². The van der Waals surface area contributed by atoms with E-state index in [4.69, 9.17) is 9.47 Å². The van der Waals surface area contributed by atoms with E-state index in [0.717, 1.165) is 86.0 Å². The van der Waals surface area contributed by atoms with Gasteiger partial charge in [0, 0.05) is 36.7 Å². The summed E-state index contributed by atoms with van der Waals surface area (Å²) in [6.07, 6.45) is 3.47. The summed E-state index contributed by atoms with van der Waals surface area (Å²) in [5, 5.41) is 17.4. The average Bonchev–Trinajstić information content (AvgIpc) is 3.31. The van der Waals surface area contributed by atoms with Crippen LogP contribution in [0.3, 0.4) is 0 Å². The average molecular weight is 862 g/mol. The van der Waals surface area contributed by atoms with Crippen molar-refractivity contribution in [3.05, 3.63) is 177 Å². The SMILES string of the molecule is O=C(NC1CN(C(=O)COc2cccc(C(C(=O)OCC3CCN(Cc4ccccc4)CC3)c3ccccc3)c2)C1)c1ccc(CCNCCc2ccc(O)c3[nH]c(=O)ccc23)cc1. The molecule has 2 fully saturated rings. The van der Waals surface area contributed by atoms with Crippen LogP contribution in [0.5, 0.6) is 11.5 Å². The first-order valence-electron chi connectivity index (χ1n) is 22.2. The molecule has 2 saturated heterocycles. The van der Waals surface area contributed by atoms with Gasteiger partial charge in [0.05, 0.1) is 18.2 Å². The van der Waals surface area contributed by atoms with E-state index in [9.17, 15) is 24.3 Å². The maximum atomic E-state index is 13.8. The van der Waals surface area contributed by atoms with Crippen molar-refractivity contribution in [1.29, 1.82) is 0 Å². The van der Waals surface area contributed by atoms with Gasteiger partial charge in [-0.25, -0.2) is 0 Å². The number of hydrogen-bond acceptors (Lipinski definition) is 9. The lowest BCUT2D eigenvalue weighted by Crippen LogP contribution is -2.61. The lowest BCUT2D eigenvalue weighted by atomic mass is 9.91. The van der Waals surface area contributed by atoms with E-state index < -0.39 is 5.92 Å². The number of aromatic amines is 1. The number of ether oxygens (including phenoxy) is 2. The van der Waals surface area contributed by atoms with Gasteiger partial charge in [-0.1, -0.05) is 91.0 Å². The summed E-state index contributed by atoms with van der Waals surface area (Å²) < 4.78 is 12.0. The predicted molar refractivity (Wildman–Crippen MR) is 246 cm³/mol. The molecule has 0 spiro atoms. The fourth-order valence-electron chi connectivity index (χ4n) is 8.53. The van der Waals surface area contributed by atoms with E-state index in [1.54, 1.807) is 23.1 Å². The zero-order chi connectivity index (χ0) is 44.3. The maximum Gasteiger partial charge on any atom is 0.317 e. The number of hydrogen-bond donors (Lipinski definition) is 4. The third kappa shape index (κ3) is 11.4. The van der Waals surface area contributed by atoms with Crippen LogP contribution in [0.2, 0.25) is 0 Å². The number of nitrogens with zero attached hydrogens (tertiary/aromatic N) is 2. The minimum atomic E-state index is -0.641. The highest BCUT2D eigenvalue weighted by molar-refractivity contribution is 5.94. The van der Waals surface area contributed by atoms with Gasteiger partial charge < -0.3 is 35.1 Å². The van der Waals surface area contributed by atoms with E-state index in [-0.39, 0.29) is 41.7 Å². The lowest BCUT2D eigenvalue weighted by Gasteiger charge is -2.39. The van der Waals surface area contributed by atoms with Crippen molar-refractivity contribution in [2.75, 3.05) is 52.5 Å². The number of piperidine rings is 1. The number of aromatic hydroxyl groups is 1. The van der Waals surface area contributed by atoms with Gasteiger partial charge in [-0.3, -0.25) is 24.1 Å². The van der Waals surface area contributed by atoms with Crippen molar-refractivity contribution in [2.24, 2.45) is 5.92 Å². The first-order chi connectivity index (χ1) is 31.3. The number of benzene rings is 5. The largest absolute Gasteiger partial charge is 0.506 e. The summed E-state index contributed by atoms with van der Waals surface area (Å²) >= 11 is 0. The third-order valence-corrected chi connectivity index (χ3v) is 12.3. The minimum absolute atomic E-state index is 0.0546. The highest BCUT2D eigenvalue weighted by Crippen LogP contribution is 2.30. The standard InChI is InChI=1S/C52H55N5O7/c58-46-20-18-39(45-19-21-47(59)55-50(45)46)23-27-53-26-22-36-14-16-41(17-15-36)51(61)54-43-32-57(33-43)48(60)35-63-44-13-7-12-42(30-44)49(40-10-5-2-6-11-40)52(62)64-34-38-24-28-56(29-25-38)31-37-8-3-1-4-9-37/h1-21,30,38,43,49,53,58H,22-29,31-35H2,(H,54,61)(H,55,59). The summed E-state index contributed by atoms with van der Waals surface area (Å²) in [4.78, 5) is 58.4. The number of carbonyl (C=O) groups excluding carboxylic acids is 3. The first kappa shape index (κ1) is 43.9. The second kappa shape index (κ2) is 21.1. The Bertz CT molecular complexity index is 2570. The highest BCUT2D eigenvalue weighted by Gasteiger charge is 2.32. The Balaban J connectivity index is 0.750. The van der Waals surface area contributed by atoms with Crippen LogP contribution < -0.4 is 20.9 Å². The predicted octanol–water partition coefficient (Wildman–Crippen LogP) is 6.22. The van der Waals surface area contributed by atoms with E-state index >= 15 is 0 Å². The molecule has 0 saturated carbocycles. The third-order valence-electron chi connectivity index (χ3n) is 12.3. The van der Waals surface area contributed by atoms with E-state index in [1.807, 2.05) is 84.9 Å². The maximum absolute atomic E-state index is 13.8.